The molecule has 2 fully saturated rings. The van der Waals surface area contributed by atoms with Crippen molar-refractivity contribution in [3.05, 3.63) is 70.0 Å². The van der Waals surface area contributed by atoms with Gasteiger partial charge in [-0.2, -0.15) is 8.42 Å². The summed E-state index contributed by atoms with van der Waals surface area (Å²) in [6.45, 7) is 2.80. The van der Waals surface area contributed by atoms with E-state index in [1.54, 1.807) is 29.2 Å². The van der Waals surface area contributed by atoms with Crippen LogP contribution in [0.15, 0.2) is 57.1 Å². The van der Waals surface area contributed by atoms with E-state index in [4.69, 9.17) is 10.2 Å². The third kappa shape index (κ3) is 6.15. The van der Waals surface area contributed by atoms with Crippen LogP contribution in [0.5, 0.6) is 5.75 Å². The van der Waals surface area contributed by atoms with Gasteiger partial charge in [-0.05, 0) is 42.9 Å². The number of sulfonamides is 1. The van der Waals surface area contributed by atoms with Crippen LogP contribution >= 0.6 is 0 Å². The molecule has 0 spiro atoms. The molecule has 1 aliphatic carbocycles. The van der Waals surface area contributed by atoms with Crippen molar-refractivity contribution in [3.8, 4) is 5.75 Å². The number of nitrogens with two attached hydrogens (primary N) is 1. The van der Waals surface area contributed by atoms with Gasteiger partial charge >= 0.3 is 5.63 Å². The van der Waals surface area contributed by atoms with Crippen LogP contribution in [0.4, 0.5) is 5.69 Å². The number of carbonyl (C=O) groups excluding carboxylic acids is 1. The average molecular weight is 557 g/mol. The predicted octanol–water partition coefficient (Wildman–Crippen LogP) is 1.62. The molecule has 3 aromatic rings. The molecule has 5 rings (SSSR count). The molecule has 1 amide bonds. The molecule has 1 saturated carbocycles. The molecule has 12 nitrogen and oxygen atoms in total. The summed E-state index contributed by atoms with van der Waals surface area (Å²) in [5, 5.41) is 14.0. The Kier molecular flexibility index (Phi) is 7.73. The Morgan fingerprint density at radius 3 is 2.69 bits per heavy atom. The molecule has 208 valence electrons. The molecular weight excluding hydrogens is 524 g/mol. The summed E-state index contributed by atoms with van der Waals surface area (Å²) in [6, 6.07) is 7.33. The summed E-state index contributed by atoms with van der Waals surface area (Å²) in [5.74, 6) is -0.528. The van der Waals surface area contributed by atoms with Crippen molar-refractivity contribution in [1.29, 1.82) is 0 Å². The fourth-order valence-corrected chi connectivity index (χ4v) is 5.93. The summed E-state index contributed by atoms with van der Waals surface area (Å²) in [6.07, 6.45) is 4.93. The lowest BCUT2D eigenvalue weighted by Crippen LogP contribution is -2.46. The number of amides is 1. The Bertz CT molecular complexity index is 1480. The number of benzene rings is 1. The number of rotatable bonds is 10. The fraction of sp³-hybridized carbons (Fsp3) is 0.423. The molecule has 0 bridgehead atoms. The number of hydrogen-bond acceptors (Lipinski definition) is 9. The Balaban J connectivity index is 1.35. The second-order valence-electron chi connectivity index (χ2n) is 9.95. The van der Waals surface area contributed by atoms with Gasteiger partial charge in [0.25, 0.3) is 10.0 Å². The van der Waals surface area contributed by atoms with Gasteiger partial charge < -0.3 is 30.5 Å². The lowest BCUT2D eigenvalue weighted by Gasteiger charge is -2.27. The normalized spacial score (nSPS) is 17.5. The van der Waals surface area contributed by atoms with E-state index < -0.39 is 27.6 Å². The minimum atomic E-state index is -3.92. The van der Waals surface area contributed by atoms with Crippen molar-refractivity contribution in [3.63, 3.8) is 0 Å². The van der Waals surface area contributed by atoms with Gasteiger partial charge in [-0.15, -0.1) is 0 Å². The number of nitrogens with one attached hydrogen (secondary N) is 3. The highest BCUT2D eigenvalue weighted by Gasteiger charge is 2.38. The number of aromatic amines is 1. The van der Waals surface area contributed by atoms with Gasteiger partial charge in [0.2, 0.25) is 11.1 Å². The van der Waals surface area contributed by atoms with E-state index in [2.05, 4.69) is 20.0 Å². The predicted molar refractivity (Wildman–Crippen MR) is 143 cm³/mol. The zero-order valence-electron chi connectivity index (χ0n) is 21.3. The fourth-order valence-electron chi connectivity index (χ4n) is 4.97. The molecule has 2 aliphatic rings. The Morgan fingerprint density at radius 2 is 2.03 bits per heavy atom. The summed E-state index contributed by atoms with van der Waals surface area (Å²) in [7, 11) is -3.92. The number of H-pyrrole nitrogens is 1. The van der Waals surface area contributed by atoms with Crippen LogP contribution < -0.4 is 21.4 Å². The molecule has 3 heterocycles. The number of aromatic hydroxyl groups is 1. The number of anilines is 1. The number of nitrogens with zero attached hydrogens (tertiary/aromatic N) is 2. The SMILES string of the molecule is NC(CCC(=O)N1CCNCC1)c1cc(O)c(C(c2cccc(NS(=O)(=O)c3ncc[nH]3)c2)C2CC2)c(=O)o1. The standard InChI is InChI=1S/C26H32N6O6S/c27-19(6-7-22(34)32-12-10-28-11-13-32)21-15-20(33)24(25(35)38-21)23(16-4-5-16)17-2-1-3-18(14-17)31-39(36,37)26-29-8-9-30-26/h1-3,8-9,14-16,19,23,28,31,33H,4-7,10-13,27H2,(H,29,30). The van der Waals surface area contributed by atoms with E-state index in [0.717, 1.165) is 25.9 Å². The largest absolute Gasteiger partial charge is 0.507 e. The van der Waals surface area contributed by atoms with Crippen LogP contribution in [-0.4, -0.2) is 60.5 Å². The molecule has 6 N–H and O–H groups in total. The summed E-state index contributed by atoms with van der Waals surface area (Å²) < 4.78 is 33.3. The Morgan fingerprint density at radius 1 is 1.26 bits per heavy atom. The van der Waals surface area contributed by atoms with Gasteiger partial charge in [0, 0.05) is 62.7 Å². The smallest absolute Gasteiger partial charge is 0.343 e. The van der Waals surface area contributed by atoms with E-state index >= 15 is 0 Å². The maximum absolute atomic E-state index is 13.2. The number of carbonyl (C=O) groups is 1. The molecule has 2 atom stereocenters. The lowest BCUT2D eigenvalue weighted by atomic mass is 9.87. The minimum Gasteiger partial charge on any atom is -0.507 e. The third-order valence-electron chi connectivity index (χ3n) is 7.12. The van der Waals surface area contributed by atoms with Crippen LogP contribution in [0.3, 0.4) is 0 Å². The van der Waals surface area contributed by atoms with Crippen LogP contribution in [-0.2, 0) is 14.8 Å². The second-order valence-corrected chi connectivity index (χ2v) is 11.5. The third-order valence-corrected chi connectivity index (χ3v) is 8.36. The van der Waals surface area contributed by atoms with E-state index in [-0.39, 0.29) is 46.9 Å². The zero-order valence-corrected chi connectivity index (χ0v) is 22.1. The lowest BCUT2D eigenvalue weighted by molar-refractivity contribution is -0.131. The van der Waals surface area contributed by atoms with E-state index in [1.165, 1.54) is 18.5 Å². The van der Waals surface area contributed by atoms with Gasteiger partial charge in [-0.25, -0.2) is 9.78 Å². The topological polar surface area (TPSA) is 184 Å². The van der Waals surface area contributed by atoms with Crippen molar-refractivity contribution < 1.29 is 22.7 Å². The first-order valence-corrected chi connectivity index (χ1v) is 14.4. The highest BCUT2D eigenvalue weighted by atomic mass is 32.2. The summed E-state index contributed by atoms with van der Waals surface area (Å²) in [5.41, 5.74) is 6.61. The monoisotopic (exact) mass is 556 g/mol. The van der Waals surface area contributed by atoms with Crippen molar-refractivity contribution >= 4 is 21.6 Å². The molecule has 39 heavy (non-hydrogen) atoms. The number of imidazole rings is 1. The van der Waals surface area contributed by atoms with Crippen molar-refractivity contribution in [1.82, 2.24) is 20.2 Å². The highest BCUT2D eigenvalue weighted by molar-refractivity contribution is 7.92. The first kappa shape index (κ1) is 26.9. The molecule has 2 unspecified atom stereocenters. The number of hydrogen-bond donors (Lipinski definition) is 5. The Hall–Kier alpha value is -3.68. The van der Waals surface area contributed by atoms with Crippen LogP contribution in [0.1, 0.15) is 54.5 Å². The molecule has 2 aromatic heterocycles. The number of aromatic nitrogens is 2. The molecular formula is C26H32N6O6S. The van der Waals surface area contributed by atoms with E-state index in [1.807, 2.05) is 0 Å². The van der Waals surface area contributed by atoms with Gasteiger partial charge in [-0.1, -0.05) is 12.1 Å². The quantitative estimate of drug-likeness (QED) is 0.248. The Labute approximate surface area is 225 Å². The maximum atomic E-state index is 13.2. The minimum absolute atomic E-state index is 0.00788. The van der Waals surface area contributed by atoms with Crippen molar-refractivity contribution in [2.45, 2.75) is 42.8 Å². The van der Waals surface area contributed by atoms with Crippen LogP contribution in [0, 0.1) is 5.92 Å². The van der Waals surface area contributed by atoms with E-state index in [9.17, 15) is 23.1 Å². The second kappa shape index (κ2) is 11.2. The van der Waals surface area contributed by atoms with Gasteiger partial charge in [0.05, 0.1) is 11.6 Å². The average Bonchev–Trinajstić information content (AvgIpc) is 3.59. The summed E-state index contributed by atoms with van der Waals surface area (Å²) >= 11 is 0. The van der Waals surface area contributed by atoms with Crippen LogP contribution in [0.25, 0.3) is 0 Å². The van der Waals surface area contributed by atoms with Crippen molar-refractivity contribution in [2.75, 3.05) is 30.9 Å². The first-order valence-electron chi connectivity index (χ1n) is 13.0. The first-order chi connectivity index (χ1) is 18.7. The van der Waals surface area contributed by atoms with Gasteiger partial charge in [0.15, 0.2) is 0 Å². The molecule has 1 aliphatic heterocycles. The maximum Gasteiger partial charge on any atom is 0.343 e. The molecule has 1 saturated heterocycles. The molecule has 0 radical (unpaired) electrons. The highest BCUT2D eigenvalue weighted by Crippen LogP contribution is 2.48. The molecule has 13 heteroatoms. The van der Waals surface area contributed by atoms with Crippen molar-refractivity contribution in [2.24, 2.45) is 11.7 Å². The molecule has 1 aromatic carbocycles. The van der Waals surface area contributed by atoms with Crippen LogP contribution in [0.2, 0.25) is 0 Å². The summed E-state index contributed by atoms with van der Waals surface area (Å²) in [4.78, 5) is 33.8. The van der Waals surface area contributed by atoms with Gasteiger partial charge in [0.1, 0.15) is 11.5 Å². The number of piperazine rings is 1. The van der Waals surface area contributed by atoms with Gasteiger partial charge in [-0.3, -0.25) is 9.52 Å². The van der Waals surface area contributed by atoms with E-state index in [0.29, 0.717) is 24.3 Å². The zero-order chi connectivity index (χ0) is 27.6.